The Bertz CT molecular complexity index is 963. The van der Waals surface area contributed by atoms with Gasteiger partial charge in [0.15, 0.2) is 22.5 Å². The lowest BCUT2D eigenvalue weighted by Gasteiger charge is -2.11. The Morgan fingerprint density at radius 3 is 2.70 bits per heavy atom. The summed E-state index contributed by atoms with van der Waals surface area (Å²) in [7, 11) is 0. The Kier molecular flexibility index (Phi) is 5.16. The average Bonchev–Trinajstić information content (AvgIpc) is 3.29. The number of hydrogen-bond acceptors (Lipinski definition) is 5. The molecule has 2 aromatic carbocycles. The molecule has 0 aliphatic carbocycles. The SMILES string of the molecule is CC(C)=CCSc1nnc(-c2ccccc2)n1Cc1ccc2c(c1)OCO2. The van der Waals surface area contributed by atoms with Crippen molar-refractivity contribution in [2.75, 3.05) is 12.5 Å². The van der Waals surface area contributed by atoms with Gasteiger partial charge >= 0.3 is 0 Å². The molecule has 1 aliphatic rings. The van der Waals surface area contributed by atoms with Gasteiger partial charge in [-0.05, 0) is 31.5 Å². The Balaban J connectivity index is 1.67. The summed E-state index contributed by atoms with van der Waals surface area (Å²) in [5.41, 5.74) is 3.48. The van der Waals surface area contributed by atoms with Crippen LogP contribution in [0.2, 0.25) is 0 Å². The minimum absolute atomic E-state index is 0.282. The molecule has 0 saturated heterocycles. The van der Waals surface area contributed by atoms with Crippen LogP contribution >= 0.6 is 11.8 Å². The van der Waals surface area contributed by atoms with Gasteiger partial charge in [-0.2, -0.15) is 0 Å². The highest BCUT2D eigenvalue weighted by molar-refractivity contribution is 7.99. The van der Waals surface area contributed by atoms with Crippen LogP contribution in [0.5, 0.6) is 11.5 Å². The van der Waals surface area contributed by atoms with Crippen LogP contribution in [0.3, 0.4) is 0 Å². The van der Waals surface area contributed by atoms with Crippen molar-refractivity contribution in [2.45, 2.75) is 25.5 Å². The third-order valence-electron chi connectivity index (χ3n) is 4.23. The molecule has 0 radical (unpaired) electrons. The first kappa shape index (κ1) is 17.7. The molecule has 5 nitrogen and oxygen atoms in total. The minimum atomic E-state index is 0.282. The zero-order chi connectivity index (χ0) is 18.6. The molecule has 2 heterocycles. The van der Waals surface area contributed by atoms with E-state index in [4.69, 9.17) is 9.47 Å². The number of nitrogens with zero attached hydrogens (tertiary/aromatic N) is 3. The molecule has 138 valence electrons. The van der Waals surface area contributed by atoms with Crippen molar-refractivity contribution in [1.29, 1.82) is 0 Å². The summed E-state index contributed by atoms with van der Waals surface area (Å²) in [6, 6.07) is 16.2. The van der Waals surface area contributed by atoms with Crippen molar-refractivity contribution in [3.8, 4) is 22.9 Å². The van der Waals surface area contributed by atoms with Crippen LogP contribution in [-0.4, -0.2) is 27.3 Å². The first-order valence-electron chi connectivity index (χ1n) is 8.84. The normalized spacial score (nSPS) is 12.2. The second-order valence-electron chi connectivity index (χ2n) is 6.54. The first-order valence-corrected chi connectivity index (χ1v) is 9.82. The van der Waals surface area contributed by atoms with Gasteiger partial charge in [-0.3, -0.25) is 4.57 Å². The van der Waals surface area contributed by atoms with Crippen molar-refractivity contribution < 1.29 is 9.47 Å². The molecular weight excluding hydrogens is 358 g/mol. The number of aromatic nitrogens is 3. The van der Waals surface area contributed by atoms with E-state index >= 15 is 0 Å². The van der Waals surface area contributed by atoms with Gasteiger partial charge in [0.2, 0.25) is 6.79 Å². The van der Waals surface area contributed by atoms with E-state index in [0.29, 0.717) is 6.54 Å². The van der Waals surface area contributed by atoms with Crippen LogP contribution < -0.4 is 9.47 Å². The van der Waals surface area contributed by atoms with E-state index in [2.05, 4.69) is 52.9 Å². The average molecular weight is 379 g/mol. The monoisotopic (exact) mass is 379 g/mol. The molecule has 1 aromatic heterocycles. The number of rotatable bonds is 6. The third kappa shape index (κ3) is 4.01. The second kappa shape index (κ2) is 7.88. The maximum atomic E-state index is 5.52. The summed E-state index contributed by atoms with van der Waals surface area (Å²) in [5, 5.41) is 9.82. The number of thioether (sulfide) groups is 1. The quantitative estimate of drug-likeness (QED) is 0.456. The fraction of sp³-hybridized carbons (Fsp3) is 0.238. The minimum Gasteiger partial charge on any atom is -0.454 e. The van der Waals surface area contributed by atoms with E-state index in [1.54, 1.807) is 11.8 Å². The molecule has 27 heavy (non-hydrogen) atoms. The summed E-state index contributed by atoms with van der Waals surface area (Å²) in [5.74, 6) is 3.33. The Labute approximate surface area is 163 Å². The molecular formula is C21H21N3O2S. The Hall–Kier alpha value is -2.73. The lowest BCUT2D eigenvalue weighted by Crippen LogP contribution is -2.04. The van der Waals surface area contributed by atoms with Gasteiger partial charge in [0.1, 0.15) is 0 Å². The zero-order valence-electron chi connectivity index (χ0n) is 15.4. The predicted molar refractivity (Wildman–Crippen MR) is 107 cm³/mol. The van der Waals surface area contributed by atoms with Crippen molar-refractivity contribution in [3.05, 3.63) is 65.7 Å². The number of ether oxygens (including phenoxy) is 2. The molecule has 0 fully saturated rings. The summed E-state index contributed by atoms with van der Waals surface area (Å²) in [4.78, 5) is 0. The molecule has 4 rings (SSSR count). The van der Waals surface area contributed by atoms with Crippen molar-refractivity contribution in [3.63, 3.8) is 0 Å². The van der Waals surface area contributed by atoms with Crippen molar-refractivity contribution >= 4 is 11.8 Å². The molecule has 0 unspecified atom stereocenters. The summed E-state index contributed by atoms with van der Waals surface area (Å²) >= 11 is 1.69. The van der Waals surface area contributed by atoms with Gasteiger partial charge in [-0.1, -0.05) is 59.8 Å². The number of benzene rings is 2. The highest BCUT2D eigenvalue weighted by Gasteiger charge is 2.17. The molecule has 0 spiro atoms. The molecule has 1 aliphatic heterocycles. The van der Waals surface area contributed by atoms with Crippen LogP contribution in [0, 0.1) is 0 Å². The van der Waals surface area contributed by atoms with Crippen LogP contribution in [0.4, 0.5) is 0 Å². The van der Waals surface area contributed by atoms with E-state index in [1.807, 2.05) is 30.3 Å². The summed E-state index contributed by atoms with van der Waals surface area (Å²) < 4.78 is 13.1. The van der Waals surface area contributed by atoms with Crippen LogP contribution in [-0.2, 0) is 6.54 Å². The molecule has 0 atom stereocenters. The molecule has 3 aromatic rings. The van der Waals surface area contributed by atoms with Gasteiger partial charge in [0, 0.05) is 11.3 Å². The smallest absolute Gasteiger partial charge is 0.231 e. The molecule has 6 heteroatoms. The van der Waals surface area contributed by atoms with Crippen molar-refractivity contribution in [2.24, 2.45) is 0 Å². The van der Waals surface area contributed by atoms with Crippen LogP contribution in [0.15, 0.2) is 65.3 Å². The Morgan fingerprint density at radius 1 is 1.07 bits per heavy atom. The highest BCUT2D eigenvalue weighted by atomic mass is 32.2. The fourth-order valence-corrected chi connectivity index (χ4v) is 3.81. The van der Waals surface area contributed by atoms with E-state index in [0.717, 1.165) is 39.4 Å². The van der Waals surface area contributed by atoms with Gasteiger partial charge in [0.05, 0.1) is 6.54 Å². The van der Waals surface area contributed by atoms with E-state index in [-0.39, 0.29) is 6.79 Å². The van der Waals surface area contributed by atoms with Gasteiger partial charge in [-0.25, -0.2) is 0 Å². The fourth-order valence-electron chi connectivity index (χ4n) is 2.84. The summed E-state index contributed by atoms with van der Waals surface area (Å²) in [6.45, 7) is 5.16. The molecule has 0 amide bonds. The number of fused-ring (bicyclic) bond motifs is 1. The molecule has 0 bridgehead atoms. The van der Waals surface area contributed by atoms with Crippen molar-refractivity contribution in [1.82, 2.24) is 14.8 Å². The first-order chi connectivity index (χ1) is 13.2. The lowest BCUT2D eigenvalue weighted by molar-refractivity contribution is 0.174. The predicted octanol–water partition coefficient (Wildman–Crippen LogP) is 4.78. The zero-order valence-corrected chi connectivity index (χ0v) is 16.2. The topological polar surface area (TPSA) is 49.2 Å². The molecule has 0 saturated carbocycles. The maximum Gasteiger partial charge on any atom is 0.231 e. The summed E-state index contributed by atoms with van der Waals surface area (Å²) in [6.07, 6.45) is 2.20. The van der Waals surface area contributed by atoms with Gasteiger partial charge in [-0.15, -0.1) is 10.2 Å². The largest absolute Gasteiger partial charge is 0.454 e. The molecule has 0 N–H and O–H groups in total. The maximum absolute atomic E-state index is 5.52. The number of hydrogen-bond donors (Lipinski definition) is 0. The van der Waals surface area contributed by atoms with Gasteiger partial charge in [0.25, 0.3) is 0 Å². The van der Waals surface area contributed by atoms with E-state index in [9.17, 15) is 0 Å². The van der Waals surface area contributed by atoms with E-state index < -0.39 is 0 Å². The van der Waals surface area contributed by atoms with Crippen LogP contribution in [0.25, 0.3) is 11.4 Å². The Morgan fingerprint density at radius 2 is 1.89 bits per heavy atom. The standard InChI is InChI=1S/C21H21N3O2S/c1-15(2)10-11-27-21-23-22-20(17-6-4-3-5-7-17)24(21)13-16-8-9-18-19(12-16)26-14-25-18/h3-10,12H,11,13-14H2,1-2H3. The third-order valence-corrected chi connectivity index (χ3v) is 5.12. The van der Waals surface area contributed by atoms with Crippen LogP contribution in [0.1, 0.15) is 19.4 Å². The number of allylic oxidation sites excluding steroid dienone is 1. The highest BCUT2D eigenvalue weighted by Crippen LogP contribution is 2.33. The van der Waals surface area contributed by atoms with E-state index in [1.165, 1.54) is 5.57 Å². The lowest BCUT2D eigenvalue weighted by atomic mass is 10.2. The van der Waals surface area contributed by atoms with Gasteiger partial charge < -0.3 is 9.47 Å². The second-order valence-corrected chi connectivity index (χ2v) is 7.53.